The highest BCUT2D eigenvalue weighted by atomic mass is 16.5. The topological polar surface area (TPSA) is 24.5 Å². The molecule has 3 aliphatic rings. The Balaban J connectivity index is 1.74. The van der Waals surface area contributed by atoms with Gasteiger partial charge in [0.15, 0.2) is 0 Å². The first-order valence-corrected chi connectivity index (χ1v) is 9.36. The highest BCUT2D eigenvalue weighted by Crippen LogP contribution is 2.35. The third-order valence-corrected chi connectivity index (χ3v) is 6.52. The van der Waals surface area contributed by atoms with Crippen LogP contribution in [0.3, 0.4) is 0 Å². The van der Waals surface area contributed by atoms with Crippen molar-refractivity contribution in [3.05, 3.63) is 0 Å². The van der Waals surface area contributed by atoms with Crippen molar-refractivity contribution in [1.82, 2.24) is 10.2 Å². The lowest BCUT2D eigenvalue weighted by Crippen LogP contribution is -2.67. The summed E-state index contributed by atoms with van der Waals surface area (Å²) in [5.41, 5.74) is 0.341. The van der Waals surface area contributed by atoms with Crippen molar-refractivity contribution in [1.29, 1.82) is 0 Å². The molecule has 3 rings (SSSR count). The molecular formula is C18H34N2O. The van der Waals surface area contributed by atoms with Gasteiger partial charge in [-0.05, 0) is 38.0 Å². The highest BCUT2D eigenvalue weighted by molar-refractivity contribution is 5.01. The molecule has 0 aromatic carbocycles. The van der Waals surface area contributed by atoms with Gasteiger partial charge in [-0.2, -0.15) is 0 Å². The van der Waals surface area contributed by atoms with E-state index in [-0.39, 0.29) is 0 Å². The average molecular weight is 294 g/mol. The van der Waals surface area contributed by atoms with Gasteiger partial charge < -0.3 is 10.1 Å². The molecule has 1 N–H and O–H groups in total. The molecule has 0 radical (unpaired) electrons. The summed E-state index contributed by atoms with van der Waals surface area (Å²) < 4.78 is 5.72. The van der Waals surface area contributed by atoms with Crippen LogP contribution in [0, 0.1) is 5.92 Å². The van der Waals surface area contributed by atoms with E-state index < -0.39 is 0 Å². The maximum Gasteiger partial charge on any atom is 0.0622 e. The summed E-state index contributed by atoms with van der Waals surface area (Å²) in [6.45, 7) is 9.06. The van der Waals surface area contributed by atoms with Gasteiger partial charge in [-0.3, -0.25) is 4.90 Å². The van der Waals surface area contributed by atoms with Crippen molar-refractivity contribution in [3.63, 3.8) is 0 Å². The molecule has 2 aliphatic heterocycles. The van der Waals surface area contributed by atoms with Gasteiger partial charge in [0.25, 0.3) is 0 Å². The van der Waals surface area contributed by atoms with Crippen LogP contribution in [0.25, 0.3) is 0 Å². The summed E-state index contributed by atoms with van der Waals surface area (Å²) in [5, 5.41) is 3.95. The molecule has 1 aliphatic carbocycles. The van der Waals surface area contributed by atoms with Gasteiger partial charge in [-0.1, -0.05) is 33.1 Å². The smallest absolute Gasteiger partial charge is 0.0622 e. The van der Waals surface area contributed by atoms with Crippen LogP contribution in [-0.4, -0.2) is 48.8 Å². The van der Waals surface area contributed by atoms with E-state index in [1.54, 1.807) is 0 Å². The van der Waals surface area contributed by atoms with Crippen molar-refractivity contribution in [2.45, 2.75) is 82.8 Å². The second-order valence-electron chi connectivity index (χ2n) is 7.52. The third kappa shape index (κ3) is 3.30. The van der Waals surface area contributed by atoms with Gasteiger partial charge in [0.05, 0.1) is 6.61 Å². The molecule has 3 fully saturated rings. The van der Waals surface area contributed by atoms with Crippen molar-refractivity contribution in [2.75, 3.05) is 26.3 Å². The molecule has 0 bridgehead atoms. The molecular weight excluding hydrogens is 260 g/mol. The monoisotopic (exact) mass is 294 g/mol. The molecule has 122 valence electrons. The minimum absolute atomic E-state index is 0.341. The van der Waals surface area contributed by atoms with Crippen LogP contribution in [0.2, 0.25) is 0 Å². The largest absolute Gasteiger partial charge is 0.380 e. The fraction of sp³-hybridized carbons (Fsp3) is 1.00. The lowest BCUT2D eigenvalue weighted by atomic mass is 9.79. The average Bonchev–Trinajstić information content (AvgIpc) is 3.09. The fourth-order valence-corrected chi connectivity index (χ4v) is 4.82. The molecule has 2 unspecified atom stereocenters. The number of nitrogens with one attached hydrogen (secondary N) is 1. The van der Waals surface area contributed by atoms with E-state index in [0.717, 1.165) is 25.2 Å². The number of piperazine rings is 1. The Bertz CT molecular complexity index is 317. The molecule has 0 aromatic heterocycles. The minimum Gasteiger partial charge on any atom is -0.380 e. The molecule has 1 saturated carbocycles. The maximum absolute atomic E-state index is 5.72. The van der Waals surface area contributed by atoms with E-state index in [4.69, 9.17) is 4.74 Å². The summed E-state index contributed by atoms with van der Waals surface area (Å²) in [7, 11) is 0. The lowest BCUT2D eigenvalue weighted by molar-refractivity contribution is -0.00118. The van der Waals surface area contributed by atoms with Crippen LogP contribution in [0.4, 0.5) is 0 Å². The Morgan fingerprint density at radius 2 is 1.86 bits per heavy atom. The summed E-state index contributed by atoms with van der Waals surface area (Å²) >= 11 is 0. The number of hydrogen-bond donors (Lipinski definition) is 1. The van der Waals surface area contributed by atoms with Gasteiger partial charge in [-0.25, -0.2) is 0 Å². The molecule has 0 spiro atoms. The first-order valence-electron chi connectivity index (χ1n) is 9.36. The molecule has 3 nitrogen and oxygen atoms in total. The Labute approximate surface area is 130 Å². The van der Waals surface area contributed by atoms with Crippen molar-refractivity contribution in [2.24, 2.45) is 5.92 Å². The van der Waals surface area contributed by atoms with Crippen LogP contribution in [-0.2, 0) is 4.74 Å². The van der Waals surface area contributed by atoms with Crippen molar-refractivity contribution >= 4 is 0 Å². The van der Waals surface area contributed by atoms with Gasteiger partial charge in [0, 0.05) is 37.3 Å². The predicted octanol–water partition coefficient (Wildman–Crippen LogP) is 3.19. The molecule has 0 amide bonds. The zero-order valence-electron chi connectivity index (χ0n) is 14.1. The van der Waals surface area contributed by atoms with Crippen molar-refractivity contribution < 1.29 is 4.74 Å². The maximum atomic E-state index is 5.72. The molecule has 2 heterocycles. The zero-order valence-corrected chi connectivity index (χ0v) is 14.1. The van der Waals surface area contributed by atoms with Crippen LogP contribution in [0.5, 0.6) is 0 Å². The van der Waals surface area contributed by atoms with E-state index in [1.807, 2.05) is 0 Å². The Kier molecular flexibility index (Phi) is 5.23. The molecule has 21 heavy (non-hydrogen) atoms. The Hall–Kier alpha value is -0.120. The number of rotatable bonds is 4. The van der Waals surface area contributed by atoms with Crippen LogP contribution in [0.15, 0.2) is 0 Å². The zero-order chi connectivity index (χ0) is 14.7. The number of nitrogens with zero attached hydrogens (tertiary/aromatic N) is 1. The normalized spacial score (nSPS) is 35.1. The molecule has 3 heteroatoms. The number of hydrogen-bond acceptors (Lipinski definition) is 3. The first-order chi connectivity index (χ1) is 10.3. The van der Waals surface area contributed by atoms with Gasteiger partial charge in [0.1, 0.15) is 0 Å². The van der Waals surface area contributed by atoms with Crippen LogP contribution < -0.4 is 5.32 Å². The van der Waals surface area contributed by atoms with Gasteiger partial charge in [-0.15, -0.1) is 0 Å². The summed E-state index contributed by atoms with van der Waals surface area (Å²) in [6.07, 6.45) is 11.0. The standard InChI is InChI=1S/C18H34N2O/c1-3-18(4-2)14-20(16-10-11-21-13-16)17(12-19-18)15-8-6-5-7-9-15/h15-17,19H,3-14H2,1-2H3. The quantitative estimate of drug-likeness (QED) is 0.862. The molecule has 0 aromatic rings. The van der Waals surface area contributed by atoms with Crippen LogP contribution in [0.1, 0.15) is 65.2 Å². The fourth-order valence-electron chi connectivity index (χ4n) is 4.82. The van der Waals surface area contributed by atoms with Gasteiger partial charge >= 0.3 is 0 Å². The second kappa shape index (κ2) is 6.97. The first kappa shape index (κ1) is 15.8. The van der Waals surface area contributed by atoms with E-state index in [1.165, 1.54) is 64.5 Å². The van der Waals surface area contributed by atoms with E-state index in [0.29, 0.717) is 11.6 Å². The Morgan fingerprint density at radius 1 is 1.10 bits per heavy atom. The SMILES string of the molecule is CCC1(CC)CN(C2CCOC2)C(C2CCCCC2)CN1. The molecule has 2 atom stereocenters. The van der Waals surface area contributed by atoms with E-state index >= 15 is 0 Å². The lowest BCUT2D eigenvalue weighted by Gasteiger charge is -2.52. The number of ether oxygens (including phenoxy) is 1. The van der Waals surface area contributed by atoms with Crippen molar-refractivity contribution in [3.8, 4) is 0 Å². The van der Waals surface area contributed by atoms with Gasteiger partial charge in [0.2, 0.25) is 0 Å². The highest BCUT2D eigenvalue weighted by Gasteiger charge is 2.43. The second-order valence-corrected chi connectivity index (χ2v) is 7.52. The van der Waals surface area contributed by atoms with E-state index in [2.05, 4.69) is 24.1 Å². The summed E-state index contributed by atoms with van der Waals surface area (Å²) in [5.74, 6) is 0.915. The summed E-state index contributed by atoms with van der Waals surface area (Å²) in [6, 6.07) is 1.43. The van der Waals surface area contributed by atoms with Crippen LogP contribution >= 0.6 is 0 Å². The third-order valence-electron chi connectivity index (χ3n) is 6.52. The molecule has 2 saturated heterocycles. The summed E-state index contributed by atoms with van der Waals surface area (Å²) in [4.78, 5) is 2.87. The minimum atomic E-state index is 0.341. The Morgan fingerprint density at radius 3 is 2.48 bits per heavy atom. The van der Waals surface area contributed by atoms with E-state index in [9.17, 15) is 0 Å². The predicted molar refractivity (Wildman–Crippen MR) is 87.6 cm³/mol.